The molecule has 3 rings (SSSR count). The van der Waals surface area contributed by atoms with Crippen LogP contribution in [0.3, 0.4) is 0 Å². The third-order valence-electron chi connectivity index (χ3n) is 4.66. The van der Waals surface area contributed by atoms with Crippen molar-refractivity contribution in [3.63, 3.8) is 0 Å². The molecule has 4 nitrogen and oxygen atoms in total. The Bertz CT molecular complexity index is 806. The van der Waals surface area contributed by atoms with Crippen LogP contribution in [0.4, 0.5) is 0 Å². The molecule has 0 bridgehead atoms. The molecular formula is C22H26O4. The Morgan fingerprint density at radius 1 is 1.27 bits per heavy atom. The fourth-order valence-electron chi connectivity index (χ4n) is 3.39. The quantitative estimate of drug-likeness (QED) is 0.827. The van der Waals surface area contributed by atoms with E-state index < -0.39 is 11.9 Å². The van der Waals surface area contributed by atoms with Gasteiger partial charge in [0, 0.05) is 12.0 Å². The van der Waals surface area contributed by atoms with Gasteiger partial charge in [0.1, 0.15) is 23.7 Å². The molecule has 0 aromatic heterocycles. The van der Waals surface area contributed by atoms with Gasteiger partial charge in [0.15, 0.2) is 0 Å². The molecule has 138 valence electrons. The minimum Gasteiger partial charge on any atom is -0.489 e. The second kappa shape index (κ2) is 7.02. The van der Waals surface area contributed by atoms with E-state index >= 15 is 0 Å². The maximum atomic E-state index is 11.0. The second-order valence-corrected chi connectivity index (χ2v) is 7.83. The maximum absolute atomic E-state index is 11.0. The van der Waals surface area contributed by atoms with Gasteiger partial charge in [-0.05, 0) is 56.5 Å². The van der Waals surface area contributed by atoms with Crippen LogP contribution in [0.15, 0.2) is 36.4 Å². The van der Waals surface area contributed by atoms with Gasteiger partial charge in [-0.25, -0.2) is 0 Å². The van der Waals surface area contributed by atoms with E-state index in [-0.39, 0.29) is 5.60 Å². The van der Waals surface area contributed by atoms with E-state index in [4.69, 9.17) is 14.6 Å². The Labute approximate surface area is 154 Å². The van der Waals surface area contributed by atoms with E-state index in [1.807, 2.05) is 24.3 Å². The maximum Gasteiger partial charge on any atom is 0.306 e. The van der Waals surface area contributed by atoms with E-state index in [0.29, 0.717) is 13.0 Å². The largest absolute Gasteiger partial charge is 0.489 e. The topological polar surface area (TPSA) is 55.8 Å². The van der Waals surface area contributed by atoms with Crippen LogP contribution in [-0.4, -0.2) is 16.7 Å². The van der Waals surface area contributed by atoms with Gasteiger partial charge >= 0.3 is 5.97 Å². The molecule has 0 amide bonds. The van der Waals surface area contributed by atoms with Crippen molar-refractivity contribution in [2.75, 3.05) is 0 Å². The molecular weight excluding hydrogens is 328 g/mol. The minimum atomic E-state index is -0.776. The molecule has 2 aromatic rings. The Morgan fingerprint density at radius 2 is 1.96 bits per heavy atom. The van der Waals surface area contributed by atoms with Gasteiger partial charge in [0.2, 0.25) is 0 Å². The van der Waals surface area contributed by atoms with Crippen molar-refractivity contribution in [1.29, 1.82) is 0 Å². The van der Waals surface area contributed by atoms with Gasteiger partial charge in [0.25, 0.3) is 0 Å². The lowest BCUT2D eigenvalue weighted by molar-refractivity contribution is -0.141. The van der Waals surface area contributed by atoms with Crippen LogP contribution in [0.2, 0.25) is 0 Å². The highest BCUT2D eigenvalue weighted by Crippen LogP contribution is 2.38. The molecule has 26 heavy (non-hydrogen) atoms. The number of fused-ring (bicyclic) bond motifs is 1. The number of carboxylic acids is 1. The summed E-state index contributed by atoms with van der Waals surface area (Å²) in [6.07, 6.45) is 1.43. The summed E-state index contributed by atoms with van der Waals surface area (Å²) in [7, 11) is 0. The normalized spacial score (nSPS) is 15.8. The van der Waals surface area contributed by atoms with Gasteiger partial charge in [-0.3, -0.25) is 4.79 Å². The summed E-state index contributed by atoms with van der Waals surface area (Å²) in [6, 6.07) is 11.9. The monoisotopic (exact) mass is 354 g/mol. The molecule has 1 aliphatic rings. The number of hydrogen-bond acceptors (Lipinski definition) is 3. The highest BCUT2D eigenvalue weighted by atomic mass is 16.5. The summed E-state index contributed by atoms with van der Waals surface area (Å²) in [6.45, 7) is 8.46. The SMILES string of the molecule is Cc1cc(COc2ccc(CC(C)C(=O)O)cc2)c2c(c1)CC(C)(C)O2. The number of rotatable bonds is 6. The van der Waals surface area contributed by atoms with Crippen LogP contribution in [-0.2, 0) is 24.2 Å². The molecule has 2 aromatic carbocycles. The number of aryl methyl sites for hydroxylation is 1. The van der Waals surface area contributed by atoms with E-state index in [1.165, 1.54) is 11.1 Å². The average molecular weight is 354 g/mol. The van der Waals surface area contributed by atoms with Gasteiger partial charge < -0.3 is 14.6 Å². The lowest BCUT2D eigenvalue weighted by atomic mass is 9.98. The second-order valence-electron chi connectivity index (χ2n) is 7.83. The Balaban J connectivity index is 1.68. The number of benzene rings is 2. The van der Waals surface area contributed by atoms with Gasteiger partial charge in [-0.1, -0.05) is 30.7 Å². The van der Waals surface area contributed by atoms with Crippen molar-refractivity contribution in [1.82, 2.24) is 0 Å². The standard InChI is InChI=1S/C22H26O4/c1-14-9-17-12-22(3,4)26-20(17)18(10-14)13-25-19-7-5-16(6-8-19)11-15(2)21(23)24/h5-10,15H,11-13H2,1-4H3,(H,23,24). The van der Waals surface area contributed by atoms with Crippen LogP contribution in [0.5, 0.6) is 11.5 Å². The Kier molecular flexibility index (Phi) is 4.94. The van der Waals surface area contributed by atoms with Crippen molar-refractivity contribution in [3.8, 4) is 11.5 Å². The summed E-state index contributed by atoms with van der Waals surface area (Å²) in [5, 5.41) is 9.01. The van der Waals surface area contributed by atoms with Gasteiger partial charge in [-0.15, -0.1) is 0 Å². The highest BCUT2D eigenvalue weighted by Gasteiger charge is 2.32. The molecule has 1 unspecified atom stereocenters. The average Bonchev–Trinajstić information content (AvgIpc) is 2.87. The lowest BCUT2D eigenvalue weighted by Crippen LogP contribution is -2.25. The van der Waals surface area contributed by atoms with E-state index in [9.17, 15) is 4.79 Å². The van der Waals surface area contributed by atoms with Crippen molar-refractivity contribution < 1.29 is 19.4 Å². The zero-order chi connectivity index (χ0) is 18.9. The van der Waals surface area contributed by atoms with Crippen LogP contribution < -0.4 is 9.47 Å². The van der Waals surface area contributed by atoms with Crippen molar-refractivity contribution >= 4 is 5.97 Å². The van der Waals surface area contributed by atoms with Gasteiger partial charge in [-0.2, -0.15) is 0 Å². The Morgan fingerprint density at radius 3 is 2.62 bits per heavy atom. The summed E-state index contributed by atoms with van der Waals surface area (Å²) in [5.74, 6) is 0.551. The zero-order valence-corrected chi connectivity index (χ0v) is 15.8. The lowest BCUT2D eigenvalue weighted by Gasteiger charge is -2.18. The van der Waals surface area contributed by atoms with Crippen LogP contribution in [0, 0.1) is 12.8 Å². The fourth-order valence-corrected chi connectivity index (χ4v) is 3.39. The summed E-state index contributed by atoms with van der Waals surface area (Å²) >= 11 is 0. The molecule has 0 radical (unpaired) electrons. The first-order valence-electron chi connectivity index (χ1n) is 8.99. The third-order valence-corrected chi connectivity index (χ3v) is 4.66. The molecule has 0 spiro atoms. The number of carbonyl (C=O) groups is 1. The molecule has 1 aliphatic heterocycles. The van der Waals surface area contributed by atoms with E-state index in [2.05, 4.69) is 32.9 Å². The molecule has 0 saturated heterocycles. The summed E-state index contributed by atoms with van der Waals surface area (Å²) < 4.78 is 12.1. The smallest absolute Gasteiger partial charge is 0.306 e. The zero-order valence-electron chi connectivity index (χ0n) is 15.8. The van der Waals surface area contributed by atoms with E-state index in [1.54, 1.807) is 6.92 Å². The minimum absolute atomic E-state index is 0.173. The summed E-state index contributed by atoms with van der Waals surface area (Å²) in [5.41, 5.74) is 4.34. The molecule has 0 fully saturated rings. The molecule has 1 atom stereocenters. The highest BCUT2D eigenvalue weighted by molar-refractivity contribution is 5.69. The summed E-state index contributed by atoms with van der Waals surface area (Å²) in [4.78, 5) is 11.0. The molecule has 4 heteroatoms. The number of hydrogen-bond donors (Lipinski definition) is 1. The van der Waals surface area contributed by atoms with Crippen LogP contribution >= 0.6 is 0 Å². The van der Waals surface area contributed by atoms with Crippen LogP contribution in [0.1, 0.15) is 43.0 Å². The number of ether oxygens (including phenoxy) is 2. The van der Waals surface area contributed by atoms with E-state index in [0.717, 1.165) is 29.0 Å². The fraction of sp³-hybridized carbons (Fsp3) is 0.409. The predicted molar refractivity (Wildman–Crippen MR) is 101 cm³/mol. The van der Waals surface area contributed by atoms with Gasteiger partial charge in [0.05, 0.1) is 5.92 Å². The molecule has 0 aliphatic carbocycles. The third kappa shape index (κ3) is 4.18. The van der Waals surface area contributed by atoms with Crippen molar-refractivity contribution in [3.05, 3.63) is 58.7 Å². The molecule has 0 saturated carbocycles. The number of aliphatic carboxylic acids is 1. The first-order chi connectivity index (χ1) is 12.2. The van der Waals surface area contributed by atoms with Crippen LogP contribution in [0.25, 0.3) is 0 Å². The predicted octanol–water partition coefficient (Wildman–Crippen LogP) is 4.55. The Hall–Kier alpha value is -2.49. The van der Waals surface area contributed by atoms with Crippen molar-refractivity contribution in [2.45, 2.75) is 52.7 Å². The van der Waals surface area contributed by atoms with Crippen molar-refractivity contribution in [2.24, 2.45) is 5.92 Å². The molecule has 1 heterocycles. The first kappa shape index (κ1) is 18.3. The first-order valence-corrected chi connectivity index (χ1v) is 8.99. The molecule has 1 N–H and O–H groups in total. The number of carboxylic acid groups (broad SMARTS) is 1.